The Morgan fingerprint density at radius 2 is 2.35 bits per heavy atom. The van der Waals surface area contributed by atoms with E-state index in [0.29, 0.717) is 11.3 Å². The maximum absolute atomic E-state index is 10.2. The first-order chi connectivity index (χ1) is 9.79. The molecule has 0 bridgehead atoms. The Balaban J connectivity index is 1.90. The minimum absolute atomic E-state index is 0.295. The van der Waals surface area contributed by atoms with Crippen LogP contribution in [0.2, 0.25) is 0 Å². The fourth-order valence-corrected chi connectivity index (χ4v) is 3.64. The molecule has 104 valence electrons. The predicted octanol–water partition coefficient (Wildman–Crippen LogP) is 3.69. The molecule has 0 amide bonds. The fraction of sp³-hybridized carbons (Fsp3) is 0.286. The highest BCUT2D eigenvalue weighted by molar-refractivity contribution is 7.99. The van der Waals surface area contributed by atoms with E-state index >= 15 is 0 Å². The van der Waals surface area contributed by atoms with Gasteiger partial charge in [-0.15, -0.1) is 0 Å². The Morgan fingerprint density at radius 1 is 1.45 bits per heavy atom. The van der Waals surface area contributed by atoms with Gasteiger partial charge in [0.25, 0.3) is 0 Å². The number of nitrogens with one attached hydrogen (secondary N) is 1. The standard InChI is InChI=1S/C14H15N3OS2/c1-2-19-7-5-10-12(18)11-14(16-10)20-13(17-11)9-4-3-6-15-8-9/h3-4,6,8,16,18H,2,5,7H2,1H3. The first-order valence-corrected chi connectivity index (χ1v) is 8.45. The second-order valence-electron chi connectivity index (χ2n) is 4.34. The van der Waals surface area contributed by atoms with E-state index < -0.39 is 0 Å². The van der Waals surface area contributed by atoms with E-state index in [1.165, 1.54) is 0 Å². The van der Waals surface area contributed by atoms with Gasteiger partial charge in [-0.1, -0.05) is 18.3 Å². The van der Waals surface area contributed by atoms with Crippen molar-refractivity contribution in [2.45, 2.75) is 13.3 Å². The highest BCUT2D eigenvalue weighted by atomic mass is 32.2. The van der Waals surface area contributed by atoms with E-state index in [1.54, 1.807) is 23.7 Å². The van der Waals surface area contributed by atoms with Gasteiger partial charge < -0.3 is 10.1 Å². The van der Waals surface area contributed by atoms with Gasteiger partial charge in [0.2, 0.25) is 0 Å². The average Bonchev–Trinajstić information content (AvgIpc) is 3.01. The third-order valence-electron chi connectivity index (χ3n) is 3.01. The van der Waals surface area contributed by atoms with Crippen molar-refractivity contribution >= 4 is 33.4 Å². The molecule has 0 aliphatic carbocycles. The summed E-state index contributed by atoms with van der Waals surface area (Å²) in [5.74, 6) is 2.40. The lowest BCUT2D eigenvalue weighted by Gasteiger charge is -1.98. The number of H-pyrrole nitrogens is 1. The summed E-state index contributed by atoms with van der Waals surface area (Å²) in [6.07, 6.45) is 4.37. The molecular weight excluding hydrogens is 290 g/mol. The third kappa shape index (κ3) is 2.53. The summed E-state index contributed by atoms with van der Waals surface area (Å²) in [6, 6.07) is 3.86. The smallest absolute Gasteiger partial charge is 0.163 e. The van der Waals surface area contributed by atoms with Crippen molar-refractivity contribution < 1.29 is 5.11 Å². The molecule has 3 aromatic rings. The van der Waals surface area contributed by atoms with E-state index in [0.717, 1.165) is 39.0 Å². The number of hydrogen-bond acceptors (Lipinski definition) is 5. The lowest BCUT2D eigenvalue weighted by molar-refractivity contribution is 0.473. The molecule has 0 atom stereocenters. The zero-order valence-corrected chi connectivity index (χ0v) is 12.7. The Bertz CT molecular complexity index is 706. The molecule has 3 heterocycles. The van der Waals surface area contributed by atoms with Crippen LogP contribution in [0.3, 0.4) is 0 Å². The predicted molar refractivity (Wildman–Crippen MR) is 85.6 cm³/mol. The molecule has 6 heteroatoms. The van der Waals surface area contributed by atoms with Gasteiger partial charge in [-0.25, -0.2) is 4.98 Å². The molecule has 0 aliphatic heterocycles. The lowest BCUT2D eigenvalue weighted by Crippen LogP contribution is -1.89. The molecule has 2 N–H and O–H groups in total. The van der Waals surface area contributed by atoms with Crippen molar-refractivity contribution in [3.63, 3.8) is 0 Å². The number of rotatable bonds is 5. The molecule has 0 aromatic carbocycles. The Morgan fingerprint density at radius 3 is 3.05 bits per heavy atom. The van der Waals surface area contributed by atoms with Gasteiger partial charge in [-0.3, -0.25) is 4.98 Å². The molecule has 0 saturated heterocycles. The molecule has 0 saturated carbocycles. The highest BCUT2D eigenvalue weighted by Crippen LogP contribution is 2.36. The van der Waals surface area contributed by atoms with Gasteiger partial charge >= 0.3 is 0 Å². The van der Waals surface area contributed by atoms with E-state index in [2.05, 4.69) is 21.9 Å². The summed E-state index contributed by atoms with van der Waals surface area (Å²) in [5.41, 5.74) is 2.53. The molecule has 3 rings (SSSR count). The summed E-state index contributed by atoms with van der Waals surface area (Å²) >= 11 is 3.42. The second kappa shape index (κ2) is 5.85. The topological polar surface area (TPSA) is 61.8 Å². The van der Waals surface area contributed by atoms with Crippen molar-refractivity contribution in [2.75, 3.05) is 11.5 Å². The number of pyridine rings is 1. The maximum atomic E-state index is 10.2. The molecule has 0 spiro atoms. The van der Waals surface area contributed by atoms with Crippen LogP contribution >= 0.6 is 23.1 Å². The minimum atomic E-state index is 0.295. The van der Waals surface area contributed by atoms with Gasteiger partial charge in [0.05, 0.1) is 5.69 Å². The van der Waals surface area contributed by atoms with Crippen LogP contribution in [0, 0.1) is 0 Å². The summed E-state index contributed by atoms with van der Waals surface area (Å²) < 4.78 is 0. The van der Waals surface area contributed by atoms with Gasteiger partial charge in [0.1, 0.15) is 15.4 Å². The van der Waals surface area contributed by atoms with Crippen molar-refractivity contribution in [1.82, 2.24) is 15.0 Å². The normalized spacial score (nSPS) is 11.2. The average molecular weight is 305 g/mol. The van der Waals surface area contributed by atoms with Gasteiger partial charge in [-0.2, -0.15) is 11.8 Å². The minimum Gasteiger partial charge on any atom is -0.504 e. The SMILES string of the molecule is CCSCCc1[nH]c2sc(-c3cccnc3)nc2c1O. The summed E-state index contributed by atoms with van der Waals surface area (Å²) in [4.78, 5) is 12.8. The molecule has 0 aliphatic rings. The van der Waals surface area contributed by atoms with Crippen LogP contribution in [0.15, 0.2) is 24.5 Å². The van der Waals surface area contributed by atoms with Crippen LogP contribution in [0.4, 0.5) is 0 Å². The van der Waals surface area contributed by atoms with Gasteiger partial charge in [-0.05, 0) is 23.6 Å². The number of hydrogen-bond donors (Lipinski definition) is 2. The summed E-state index contributed by atoms with van der Waals surface area (Å²) in [7, 11) is 0. The number of nitrogens with zero attached hydrogens (tertiary/aromatic N) is 2. The molecule has 3 aromatic heterocycles. The van der Waals surface area contributed by atoms with Crippen LogP contribution < -0.4 is 0 Å². The monoisotopic (exact) mass is 305 g/mol. The van der Waals surface area contributed by atoms with E-state index in [-0.39, 0.29) is 0 Å². The number of thioether (sulfide) groups is 1. The quantitative estimate of drug-likeness (QED) is 0.706. The van der Waals surface area contributed by atoms with Gasteiger partial charge in [0.15, 0.2) is 5.75 Å². The number of fused-ring (bicyclic) bond motifs is 1. The highest BCUT2D eigenvalue weighted by Gasteiger charge is 2.16. The molecule has 0 unspecified atom stereocenters. The molecule has 20 heavy (non-hydrogen) atoms. The first-order valence-electron chi connectivity index (χ1n) is 6.48. The number of aromatic amines is 1. The van der Waals surface area contributed by atoms with Gasteiger partial charge in [0, 0.05) is 24.4 Å². The van der Waals surface area contributed by atoms with Crippen LogP contribution in [0.25, 0.3) is 20.9 Å². The zero-order chi connectivity index (χ0) is 13.9. The number of aromatic nitrogens is 3. The number of thiazole rings is 1. The van der Waals surface area contributed by atoms with Crippen LogP contribution in [-0.2, 0) is 6.42 Å². The number of aromatic hydroxyl groups is 1. The van der Waals surface area contributed by atoms with Crippen molar-refractivity contribution in [3.8, 4) is 16.3 Å². The Labute approximate surface area is 125 Å². The second-order valence-corrected chi connectivity index (χ2v) is 6.73. The van der Waals surface area contributed by atoms with E-state index in [4.69, 9.17) is 0 Å². The molecule has 0 fully saturated rings. The summed E-state index contributed by atoms with van der Waals surface area (Å²) in [6.45, 7) is 2.14. The van der Waals surface area contributed by atoms with Crippen LogP contribution in [-0.4, -0.2) is 31.6 Å². The van der Waals surface area contributed by atoms with E-state index in [9.17, 15) is 5.11 Å². The van der Waals surface area contributed by atoms with Crippen LogP contribution in [0.5, 0.6) is 5.75 Å². The largest absolute Gasteiger partial charge is 0.504 e. The van der Waals surface area contributed by atoms with Crippen molar-refractivity contribution in [2.24, 2.45) is 0 Å². The number of aryl methyl sites for hydroxylation is 1. The van der Waals surface area contributed by atoms with Crippen molar-refractivity contribution in [1.29, 1.82) is 0 Å². The third-order valence-corrected chi connectivity index (χ3v) is 4.93. The lowest BCUT2D eigenvalue weighted by atomic mass is 10.3. The zero-order valence-electron chi connectivity index (χ0n) is 11.1. The molecular formula is C14H15N3OS2. The molecule has 4 nitrogen and oxygen atoms in total. The fourth-order valence-electron chi connectivity index (χ4n) is 2.02. The molecule has 0 radical (unpaired) electrons. The first kappa shape index (κ1) is 13.5. The van der Waals surface area contributed by atoms with E-state index in [1.807, 2.05) is 23.9 Å². The maximum Gasteiger partial charge on any atom is 0.163 e. The van der Waals surface area contributed by atoms with Crippen LogP contribution in [0.1, 0.15) is 12.6 Å². The Hall–Kier alpha value is -1.53. The summed E-state index contributed by atoms with van der Waals surface area (Å²) in [5, 5.41) is 11.1. The Kier molecular flexibility index (Phi) is 3.93. The van der Waals surface area contributed by atoms with Crippen molar-refractivity contribution in [3.05, 3.63) is 30.2 Å².